The zero-order valence-electron chi connectivity index (χ0n) is 10.6. The van der Waals surface area contributed by atoms with Gasteiger partial charge in [-0.05, 0) is 26.0 Å². The Balaban J connectivity index is 2.56. The monoisotopic (exact) mass is 250 g/mol. The summed E-state index contributed by atoms with van der Waals surface area (Å²) in [6.07, 6.45) is 0. The van der Waals surface area contributed by atoms with Crippen LogP contribution in [-0.2, 0) is 4.79 Å². The van der Waals surface area contributed by atoms with Gasteiger partial charge in [-0.3, -0.25) is 9.59 Å². The molecule has 5 nitrogen and oxygen atoms in total. The molecule has 0 aliphatic rings. The van der Waals surface area contributed by atoms with E-state index in [1.807, 2.05) is 13.0 Å². The fraction of sp³-hybridized carbons (Fsp3) is 0.385. The first-order valence-corrected chi connectivity index (χ1v) is 5.80. The number of hydrogen-bond donors (Lipinski definition) is 3. The Morgan fingerprint density at radius 3 is 2.72 bits per heavy atom. The lowest BCUT2D eigenvalue weighted by Gasteiger charge is -2.13. The Kier molecular flexibility index (Phi) is 5.32. The fourth-order valence-electron chi connectivity index (χ4n) is 1.46. The number of aliphatic hydroxyl groups is 1. The molecule has 0 radical (unpaired) electrons. The lowest BCUT2D eigenvalue weighted by Crippen LogP contribution is -2.45. The van der Waals surface area contributed by atoms with Crippen molar-refractivity contribution < 1.29 is 14.7 Å². The molecule has 0 aliphatic carbocycles. The molecule has 0 aliphatic heterocycles. The predicted octanol–water partition coefficient (Wildman–Crippen LogP) is 0.222. The summed E-state index contributed by atoms with van der Waals surface area (Å²) in [4.78, 5) is 23.3. The average molecular weight is 250 g/mol. The largest absolute Gasteiger partial charge is 0.395 e. The molecular weight excluding hydrogens is 232 g/mol. The minimum absolute atomic E-state index is 0.121. The van der Waals surface area contributed by atoms with E-state index in [0.717, 1.165) is 5.56 Å². The lowest BCUT2D eigenvalue weighted by molar-refractivity contribution is -0.122. The number of aliphatic hydroxyl groups excluding tert-OH is 1. The topological polar surface area (TPSA) is 78.4 Å². The van der Waals surface area contributed by atoms with Gasteiger partial charge in [0.05, 0.1) is 6.61 Å². The summed E-state index contributed by atoms with van der Waals surface area (Å²) in [5.41, 5.74) is 1.51. The van der Waals surface area contributed by atoms with Crippen LogP contribution in [0.15, 0.2) is 24.3 Å². The number of amides is 2. The van der Waals surface area contributed by atoms with Crippen molar-refractivity contribution in [2.45, 2.75) is 19.9 Å². The molecule has 0 fully saturated rings. The van der Waals surface area contributed by atoms with Crippen molar-refractivity contribution in [3.8, 4) is 0 Å². The third-order valence-corrected chi connectivity index (χ3v) is 2.43. The Bertz CT molecular complexity index is 432. The van der Waals surface area contributed by atoms with Crippen LogP contribution in [0, 0.1) is 6.92 Å². The van der Waals surface area contributed by atoms with Crippen LogP contribution in [0.3, 0.4) is 0 Å². The second kappa shape index (κ2) is 6.76. The number of rotatable bonds is 5. The number of benzene rings is 1. The van der Waals surface area contributed by atoms with Gasteiger partial charge in [0.25, 0.3) is 5.91 Å². The second-order valence-corrected chi connectivity index (χ2v) is 4.08. The van der Waals surface area contributed by atoms with E-state index < -0.39 is 6.04 Å². The van der Waals surface area contributed by atoms with Crippen LogP contribution in [0.2, 0.25) is 0 Å². The molecule has 1 atom stereocenters. The van der Waals surface area contributed by atoms with E-state index >= 15 is 0 Å². The Hall–Kier alpha value is -1.88. The van der Waals surface area contributed by atoms with Crippen LogP contribution in [-0.4, -0.2) is 36.1 Å². The van der Waals surface area contributed by atoms with Gasteiger partial charge in [0.15, 0.2) is 0 Å². The van der Waals surface area contributed by atoms with E-state index in [1.54, 1.807) is 25.1 Å². The molecule has 1 aromatic rings. The van der Waals surface area contributed by atoms with Crippen molar-refractivity contribution in [3.63, 3.8) is 0 Å². The highest BCUT2D eigenvalue weighted by atomic mass is 16.3. The van der Waals surface area contributed by atoms with Crippen LogP contribution < -0.4 is 10.6 Å². The van der Waals surface area contributed by atoms with E-state index in [4.69, 9.17) is 5.11 Å². The van der Waals surface area contributed by atoms with E-state index in [9.17, 15) is 9.59 Å². The summed E-state index contributed by atoms with van der Waals surface area (Å²) in [5, 5.41) is 13.7. The predicted molar refractivity (Wildman–Crippen MR) is 68.2 cm³/mol. The molecule has 0 bridgehead atoms. The minimum Gasteiger partial charge on any atom is -0.395 e. The summed E-state index contributed by atoms with van der Waals surface area (Å²) < 4.78 is 0. The first kappa shape index (κ1) is 14.2. The quantitative estimate of drug-likeness (QED) is 0.699. The van der Waals surface area contributed by atoms with E-state index in [0.29, 0.717) is 5.56 Å². The molecule has 0 spiro atoms. The Morgan fingerprint density at radius 2 is 2.11 bits per heavy atom. The van der Waals surface area contributed by atoms with Gasteiger partial charge in [-0.25, -0.2) is 0 Å². The molecule has 3 N–H and O–H groups in total. The van der Waals surface area contributed by atoms with Crippen LogP contribution in [0.1, 0.15) is 22.8 Å². The zero-order chi connectivity index (χ0) is 13.5. The molecule has 18 heavy (non-hydrogen) atoms. The first-order chi connectivity index (χ1) is 8.54. The van der Waals surface area contributed by atoms with E-state index in [-0.39, 0.29) is 25.0 Å². The minimum atomic E-state index is -0.635. The van der Waals surface area contributed by atoms with E-state index in [1.165, 1.54) is 0 Å². The molecule has 98 valence electrons. The first-order valence-electron chi connectivity index (χ1n) is 5.80. The van der Waals surface area contributed by atoms with Crippen LogP contribution in [0.5, 0.6) is 0 Å². The molecule has 0 saturated carbocycles. The van der Waals surface area contributed by atoms with E-state index in [2.05, 4.69) is 10.6 Å². The standard InChI is InChI=1S/C13H18N2O3/c1-9-4-3-5-11(8-9)13(18)15-10(2)12(17)14-6-7-16/h3-5,8,10,16H,6-7H2,1-2H3,(H,14,17)(H,15,18). The maximum Gasteiger partial charge on any atom is 0.251 e. The van der Waals surface area contributed by atoms with Crippen molar-refractivity contribution >= 4 is 11.8 Å². The van der Waals surface area contributed by atoms with Gasteiger partial charge >= 0.3 is 0 Å². The average Bonchev–Trinajstić information content (AvgIpc) is 2.35. The van der Waals surface area contributed by atoms with Crippen molar-refractivity contribution in [1.29, 1.82) is 0 Å². The van der Waals surface area contributed by atoms with Gasteiger partial charge in [-0.1, -0.05) is 17.7 Å². The van der Waals surface area contributed by atoms with Gasteiger partial charge in [0.1, 0.15) is 6.04 Å². The van der Waals surface area contributed by atoms with Crippen LogP contribution in [0.4, 0.5) is 0 Å². The van der Waals surface area contributed by atoms with Gasteiger partial charge in [0, 0.05) is 12.1 Å². The summed E-state index contributed by atoms with van der Waals surface area (Å²) in [7, 11) is 0. The molecule has 1 rings (SSSR count). The normalized spacial score (nSPS) is 11.7. The summed E-state index contributed by atoms with van der Waals surface area (Å²) in [5.74, 6) is -0.601. The smallest absolute Gasteiger partial charge is 0.251 e. The molecule has 1 unspecified atom stereocenters. The maximum atomic E-state index is 11.8. The molecule has 5 heteroatoms. The summed E-state index contributed by atoms with van der Waals surface area (Å²) >= 11 is 0. The Labute approximate surface area is 106 Å². The second-order valence-electron chi connectivity index (χ2n) is 4.08. The fourth-order valence-corrected chi connectivity index (χ4v) is 1.46. The molecule has 0 saturated heterocycles. The molecule has 0 heterocycles. The summed E-state index contributed by atoms with van der Waals surface area (Å²) in [6.45, 7) is 3.56. The summed E-state index contributed by atoms with van der Waals surface area (Å²) in [6, 6.07) is 6.51. The molecule has 2 amide bonds. The van der Waals surface area contributed by atoms with Crippen molar-refractivity contribution in [2.24, 2.45) is 0 Å². The van der Waals surface area contributed by atoms with Crippen molar-refractivity contribution in [1.82, 2.24) is 10.6 Å². The number of hydrogen-bond acceptors (Lipinski definition) is 3. The van der Waals surface area contributed by atoms with Crippen molar-refractivity contribution in [2.75, 3.05) is 13.2 Å². The van der Waals surface area contributed by atoms with Gasteiger partial charge in [-0.15, -0.1) is 0 Å². The zero-order valence-corrected chi connectivity index (χ0v) is 10.6. The maximum absolute atomic E-state index is 11.8. The molecule has 0 aromatic heterocycles. The SMILES string of the molecule is Cc1cccc(C(=O)NC(C)C(=O)NCCO)c1. The Morgan fingerprint density at radius 1 is 1.39 bits per heavy atom. The van der Waals surface area contributed by atoms with Crippen LogP contribution >= 0.6 is 0 Å². The van der Waals surface area contributed by atoms with Crippen molar-refractivity contribution in [3.05, 3.63) is 35.4 Å². The number of carbonyl (C=O) groups excluding carboxylic acids is 2. The highest BCUT2D eigenvalue weighted by Crippen LogP contribution is 2.03. The number of nitrogens with one attached hydrogen (secondary N) is 2. The highest BCUT2D eigenvalue weighted by molar-refractivity contribution is 5.97. The van der Waals surface area contributed by atoms with Crippen LogP contribution in [0.25, 0.3) is 0 Å². The van der Waals surface area contributed by atoms with Gasteiger partial charge in [0.2, 0.25) is 5.91 Å². The van der Waals surface area contributed by atoms with Gasteiger partial charge in [-0.2, -0.15) is 0 Å². The van der Waals surface area contributed by atoms with Gasteiger partial charge < -0.3 is 15.7 Å². The molecular formula is C13H18N2O3. The number of aryl methyl sites for hydroxylation is 1. The number of carbonyl (C=O) groups is 2. The third-order valence-electron chi connectivity index (χ3n) is 2.43. The third kappa shape index (κ3) is 4.18. The molecule has 1 aromatic carbocycles. The highest BCUT2D eigenvalue weighted by Gasteiger charge is 2.15. The lowest BCUT2D eigenvalue weighted by atomic mass is 10.1.